The summed E-state index contributed by atoms with van der Waals surface area (Å²) in [6, 6.07) is 1.70. The van der Waals surface area contributed by atoms with Crippen LogP contribution in [0.25, 0.3) is 6.08 Å². The summed E-state index contributed by atoms with van der Waals surface area (Å²) >= 11 is 5.61. The summed E-state index contributed by atoms with van der Waals surface area (Å²) in [4.78, 5) is 3.84. The second kappa shape index (κ2) is 4.09. The van der Waals surface area contributed by atoms with E-state index in [0.717, 1.165) is 5.56 Å². The van der Waals surface area contributed by atoms with Crippen molar-refractivity contribution in [1.29, 1.82) is 0 Å². The van der Waals surface area contributed by atoms with E-state index in [2.05, 4.69) is 4.98 Å². The maximum absolute atomic E-state index is 8.49. The zero-order valence-corrected chi connectivity index (χ0v) is 7.12. The summed E-state index contributed by atoms with van der Waals surface area (Å²) in [5, 5.41) is 8.79. The van der Waals surface area contributed by atoms with Crippen LogP contribution in [0.3, 0.4) is 0 Å². The average Bonchev–Trinajstić information content (AvgIpc) is 2.07. The first-order valence-electron chi connectivity index (χ1n) is 3.42. The molecule has 1 rings (SSSR count). The Bertz CT molecular complexity index is 299. The third-order valence-electron chi connectivity index (χ3n) is 1.30. The van der Waals surface area contributed by atoms with E-state index in [9.17, 15) is 0 Å². The van der Waals surface area contributed by atoms with E-state index in [-0.39, 0.29) is 6.61 Å². The summed E-state index contributed by atoms with van der Waals surface area (Å²) in [5.74, 6) is 0. The van der Waals surface area contributed by atoms with Gasteiger partial charge >= 0.3 is 0 Å². The molecule has 0 unspecified atom stereocenters. The highest BCUT2D eigenvalue weighted by atomic mass is 35.5. The van der Waals surface area contributed by atoms with Gasteiger partial charge in [0.25, 0.3) is 0 Å². The molecule has 3 nitrogen and oxygen atoms in total. The van der Waals surface area contributed by atoms with E-state index in [4.69, 9.17) is 22.4 Å². The highest BCUT2D eigenvalue weighted by Crippen LogP contribution is 2.16. The van der Waals surface area contributed by atoms with Crippen molar-refractivity contribution < 1.29 is 5.11 Å². The lowest BCUT2D eigenvalue weighted by atomic mass is 10.2. The topological polar surface area (TPSA) is 59.1 Å². The predicted molar refractivity (Wildman–Crippen MR) is 49.8 cm³/mol. The van der Waals surface area contributed by atoms with Crippen molar-refractivity contribution >= 4 is 23.4 Å². The Kier molecular flexibility index (Phi) is 3.08. The monoisotopic (exact) mass is 184 g/mol. The first-order valence-corrected chi connectivity index (χ1v) is 3.80. The largest absolute Gasteiger partial charge is 0.396 e. The maximum atomic E-state index is 8.49. The summed E-state index contributed by atoms with van der Waals surface area (Å²) in [6.45, 7) is 0.00251. The second-order valence-electron chi connectivity index (χ2n) is 2.23. The molecule has 0 aliphatic carbocycles. The van der Waals surface area contributed by atoms with Crippen molar-refractivity contribution in [3.63, 3.8) is 0 Å². The quantitative estimate of drug-likeness (QED) is 0.682. The molecule has 4 heteroatoms. The van der Waals surface area contributed by atoms with Gasteiger partial charge in [0.05, 0.1) is 12.3 Å². The molecule has 0 radical (unpaired) electrons. The number of rotatable bonds is 2. The summed E-state index contributed by atoms with van der Waals surface area (Å²) in [5.41, 5.74) is 6.77. The average molecular weight is 185 g/mol. The fourth-order valence-corrected chi connectivity index (χ4v) is 0.865. The van der Waals surface area contributed by atoms with Crippen LogP contribution in [0.15, 0.2) is 18.3 Å². The van der Waals surface area contributed by atoms with Crippen molar-refractivity contribution in [2.24, 2.45) is 0 Å². The van der Waals surface area contributed by atoms with Gasteiger partial charge in [0, 0.05) is 6.20 Å². The third-order valence-corrected chi connectivity index (χ3v) is 1.62. The molecular weight excluding hydrogens is 176 g/mol. The summed E-state index contributed by atoms with van der Waals surface area (Å²) < 4.78 is 0. The fourth-order valence-electron chi connectivity index (χ4n) is 0.762. The van der Waals surface area contributed by atoms with Crippen LogP contribution in [0.5, 0.6) is 0 Å². The van der Waals surface area contributed by atoms with Crippen LogP contribution < -0.4 is 5.73 Å². The van der Waals surface area contributed by atoms with Crippen molar-refractivity contribution in [3.05, 3.63) is 29.1 Å². The molecule has 0 aromatic carbocycles. The molecule has 3 N–H and O–H groups in total. The fraction of sp³-hybridized carbons (Fsp3) is 0.125. The van der Waals surface area contributed by atoms with E-state index in [1.54, 1.807) is 24.4 Å². The van der Waals surface area contributed by atoms with Gasteiger partial charge in [-0.1, -0.05) is 23.8 Å². The molecule has 0 fully saturated rings. The van der Waals surface area contributed by atoms with E-state index in [0.29, 0.717) is 10.8 Å². The SMILES string of the molecule is Nc1cc(C=CCO)cnc1Cl. The lowest BCUT2D eigenvalue weighted by molar-refractivity contribution is 0.343. The zero-order chi connectivity index (χ0) is 8.97. The molecule has 0 spiro atoms. The Morgan fingerprint density at radius 2 is 2.42 bits per heavy atom. The molecule has 0 amide bonds. The number of aromatic nitrogens is 1. The highest BCUT2D eigenvalue weighted by Gasteiger charge is 1.95. The number of nitrogens with two attached hydrogens (primary N) is 1. The molecule has 0 aliphatic heterocycles. The zero-order valence-electron chi connectivity index (χ0n) is 6.37. The molecule has 12 heavy (non-hydrogen) atoms. The van der Waals surface area contributed by atoms with Gasteiger partial charge in [0.15, 0.2) is 5.15 Å². The van der Waals surface area contributed by atoms with E-state index in [1.807, 2.05) is 0 Å². The van der Waals surface area contributed by atoms with Gasteiger partial charge in [0.1, 0.15) is 0 Å². The molecule has 0 bridgehead atoms. The predicted octanol–water partition coefficient (Wildman–Crippen LogP) is 1.32. The number of anilines is 1. The van der Waals surface area contributed by atoms with Crippen molar-refractivity contribution in [1.82, 2.24) is 4.98 Å². The molecule has 1 heterocycles. The first kappa shape index (κ1) is 9.03. The van der Waals surface area contributed by atoms with Gasteiger partial charge in [-0.25, -0.2) is 4.98 Å². The normalized spacial score (nSPS) is 10.8. The van der Waals surface area contributed by atoms with E-state index < -0.39 is 0 Å². The van der Waals surface area contributed by atoms with Gasteiger partial charge in [-0.3, -0.25) is 0 Å². The lowest BCUT2D eigenvalue weighted by Crippen LogP contribution is -1.89. The smallest absolute Gasteiger partial charge is 0.151 e. The number of nitrogens with zero attached hydrogens (tertiary/aromatic N) is 1. The van der Waals surface area contributed by atoms with Gasteiger partial charge < -0.3 is 10.8 Å². The first-order chi connectivity index (χ1) is 5.74. The van der Waals surface area contributed by atoms with Crippen molar-refractivity contribution in [2.75, 3.05) is 12.3 Å². The Hall–Kier alpha value is -1.06. The maximum Gasteiger partial charge on any atom is 0.151 e. The van der Waals surface area contributed by atoms with Crippen LogP contribution in [0.2, 0.25) is 5.15 Å². The lowest BCUT2D eigenvalue weighted by Gasteiger charge is -1.97. The van der Waals surface area contributed by atoms with Gasteiger partial charge in [-0.05, 0) is 11.6 Å². The summed E-state index contributed by atoms with van der Waals surface area (Å²) in [7, 11) is 0. The highest BCUT2D eigenvalue weighted by molar-refractivity contribution is 6.31. The number of pyridine rings is 1. The van der Waals surface area contributed by atoms with Crippen LogP contribution in [-0.2, 0) is 0 Å². The Balaban J connectivity index is 2.89. The molecule has 1 aromatic rings. The van der Waals surface area contributed by atoms with Crippen LogP contribution >= 0.6 is 11.6 Å². The molecular formula is C8H9ClN2O. The van der Waals surface area contributed by atoms with Gasteiger partial charge in [0.2, 0.25) is 0 Å². The van der Waals surface area contributed by atoms with Crippen molar-refractivity contribution in [2.45, 2.75) is 0 Å². The molecule has 0 aliphatic rings. The number of halogens is 1. The number of hydrogen-bond acceptors (Lipinski definition) is 3. The second-order valence-corrected chi connectivity index (χ2v) is 2.59. The van der Waals surface area contributed by atoms with E-state index >= 15 is 0 Å². The van der Waals surface area contributed by atoms with Gasteiger partial charge in [-0.2, -0.15) is 0 Å². The third kappa shape index (κ3) is 2.22. The van der Waals surface area contributed by atoms with E-state index in [1.165, 1.54) is 0 Å². The Labute approximate surface area is 75.5 Å². The minimum atomic E-state index is 0.00251. The molecule has 0 saturated carbocycles. The summed E-state index contributed by atoms with van der Waals surface area (Å²) in [6.07, 6.45) is 4.91. The van der Waals surface area contributed by atoms with Crippen molar-refractivity contribution in [3.8, 4) is 0 Å². The van der Waals surface area contributed by atoms with Gasteiger partial charge in [-0.15, -0.1) is 0 Å². The standard InChI is InChI=1S/C8H9ClN2O/c9-8-7(10)4-6(5-11-8)2-1-3-12/h1-2,4-5,12H,3,10H2. The minimum Gasteiger partial charge on any atom is -0.396 e. The van der Waals surface area contributed by atoms with Crippen LogP contribution in [0, 0.1) is 0 Å². The molecule has 1 aromatic heterocycles. The Morgan fingerprint density at radius 3 is 3.00 bits per heavy atom. The number of hydrogen-bond donors (Lipinski definition) is 2. The van der Waals surface area contributed by atoms with Crippen LogP contribution in [0.4, 0.5) is 5.69 Å². The molecule has 64 valence electrons. The number of aliphatic hydroxyl groups is 1. The van der Waals surface area contributed by atoms with Crippen LogP contribution in [0.1, 0.15) is 5.56 Å². The number of aliphatic hydroxyl groups excluding tert-OH is 1. The van der Waals surface area contributed by atoms with Crippen LogP contribution in [-0.4, -0.2) is 16.7 Å². The molecule has 0 atom stereocenters. The minimum absolute atomic E-state index is 0.00251. The number of nitrogen functional groups attached to an aromatic ring is 1. The Morgan fingerprint density at radius 1 is 1.67 bits per heavy atom. The molecule has 0 saturated heterocycles.